The molecule has 0 N–H and O–H groups in total. The van der Waals surface area contributed by atoms with Crippen molar-refractivity contribution in [2.45, 2.75) is 78.7 Å². The average Bonchev–Trinajstić information content (AvgIpc) is 2.91. The highest BCUT2D eigenvalue weighted by atomic mass is 35.5. The van der Waals surface area contributed by atoms with Crippen LogP contribution in [-0.4, -0.2) is 61.9 Å². The predicted molar refractivity (Wildman–Crippen MR) is 168 cm³/mol. The zero-order valence-electron chi connectivity index (χ0n) is 24.4. The second kappa shape index (κ2) is 17.0. The van der Waals surface area contributed by atoms with Crippen LogP contribution in [0.4, 0.5) is 0 Å². The molecule has 2 aromatic rings. The SMILES string of the molecule is CC.CCN(C1CCN(CCC(C)(C(C)=O)c2ccc(Cl)c(Cl)c2)CC1)S(C)(=O)=O.CCc1ccc(Cl)cc1. The number of benzene rings is 2. The third-order valence-electron chi connectivity index (χ3n) is 7.29. The molecule has 220 valence electrons. The number of carbonyl (C=O) groups is 1. The fourth-order valence-corrected chi connectivity index (χ4v) is 6.30. The van der Waals surface area contributed by atoms with Crippen LogP contribution in [0.25, 0.3) is 0 Å². The molecule has 3 rings (SSSR count). The molecular formula is C30H45Cl3N2O3S. The Hall–Kier alpha value is -1.15. The van der Waals surface area contributed by atoms with E-state index in [-0.39, 0.29) is 11.8 Å². The molecule has 1 saturated heterocycles. The summed E-state index contributed by atoms with van der Waals surface area (Å²) in [7, 11) is -3.18. The summed E-state index contributed by atoms with van der Waals surface area (Å²) in [5.74, 6) is 0.0926. The number of hydrogen-bond donors (Lipinski definition) is 0. The monoisotopic (exact) mass is 618 g/mol. The predicted octanol–water partition coefficient (Wildman–Crippen LogP) is 7.90. The second-order valence-corrected chi connectivity index (χ2v) is 13.0. The van der Waals surface area contributed by atoms with Crippen LogP contribution >= 0.6 is 34.8 Å². The van der Waals surface area contributed by atoms with Gasteiger partial charge in [0, 0.05) is 17.6 Å². The summed E-state index contributed by atoms with van der Waals surface area (Å²) in [5, 5.41) is 1.74. The van der Waals surface area contributed by atoms with E-state index < -0.39 is 15.4 Å². The number of hydrogen-bond acceptors (Lipinski definition) is 4. The Morgan fingerprint density at radius 3 is 2.00 bits per heavy atom. The molecule has 1 heterocycles. The maximum absolute atomic E-state index is 12.5. The summed E-state index contributed by atoms with van der Waals surface area (Å²) in [6.45, 7) is 14.5. The minimum atomic E-state index is -3.18. The summed E-state index contributed by atoms with van der Waals surface area (Å²) >= 11 is 17.9. The highest BCUT2D eigenvalue weighted by molar-refractivity contribution is 7.88. The van der Waals surface area contributed by atoms with Crippen molar-refractivity contribution in [1.82, 2.24) is 9.21 Å². The fraction of sp³-hybridized carbons (Fsp3) is 0.567. The van der Waals surface area contributed by atoms with Gasteiger partial charge in [0.25, 0.3) is 0 Å². The van der Waals surface area contributed by atoms with Gasteiger partial charge in [0.15, 0.2) is 0 Å². The van der Waals surface area contributed by atoms with Crippen LogP contribution in [0.3, 0.4) is 0 Å². The van der Waals surface area contributed by atoms with Crippen molar-refractivity contribution in [3.05, 3.63) is 68.7 Å². The van der Waals surface area contributed by atoms with Crippen molar-refractivity contribution in [2.75, 3.05) is 32.4 Å². The van der Waals surface area contributed by atoms with Crippen LogP contribution in [0.15, 0.2) is 42.5 Å². The molecule has 0 radical (unpaired) electrons. The van der Waals surface area contributed by atoms with Crippen molar-refractivity contribution in [1.29, 1.82) is 0 Å². The van der Waals surface area contributed by atoms with E-state index in [0.717, 1.165) is 49.5 Å². The molecule has 0 aliphatic carbocycles. The average molecular weight is 620 g/mol. The van der Waals surface area contributed by atoms with E-state index in [1.807, 2.05) is 58.0 Å². The Kier molecular flexibility index (Phi) is 15.6. The number of nitrogens with zero attached hydrogens (tertiary/aromatic N) is 2. The molecule has 0 saturated carbocycles. The third kappa shape index (κ3) is 11.0. The summed E-state index contributed by atoms with van der Waals surface area (Å²) in [4.78, 5) is 14.8. The lowest BCUT2D eigenvalue weighted by molar-refractivity contribution is -0.122. The summed E-state index contributed by atoms with van der Waals surface area (Å²) in [6, 6.07) is 13.4. The minimum Gasteiger partial charge on any atom is -0.303 e. The quantitative estimate of drug-likeness (QED) is 0.286. The molecule has 0 spiro atoms. The molecule has 5 nitrogen and oxygen atoms in total. The lowest BCUT2D eigenvalue weighted by Gasteiger charge is -2.38. The molecule has 9 heteroatoms. The Morgan fingerprint density at radius 2 is 1.56 bits per heavy atom. The molecule has 1 aliphatic rings. The maximum Gasteiger partial charge on any atom is 0.211 e. The van der Waals surface area contributed by atoms with Crippen LogP contribution in [0.2, 0.25) is 15.1 Å². The van der Waals surface area contributed by atoms with Crippen LogP contribution in [-0.2, 0) is 26.7 Å². The summed E-state index contributed by atoms with van der Waals surface area (Å²) < 4.78 is 25.5. The first-order valence-electron chi connectivity index (χ1n) is 13.7. The van der Waals surface area contributed by atoms with Gasteiger partial charge in [-0.1, -0.05) is 80.7 Å². The number of Topliss-reactive ketones (excluding diaryl/α,β-unsaturated/α-hetero) is 1. The lowest BCUT2D eigenvalue weighted by Crippen LogP contribution is -2.47. The number of ketones is 1. The van der Waals surface area contributed by atoms with Crippen LogP contribution < -0.4 is 0 Å². The second-order valence-electron chi connectivity index (χ2n) is 9.79. The van der Waals surface area contributed by atoms with E-state index >= 15 is 0 Å². The topological polar surface area (TPSA) is 57.7 Å². The van der Waals surface area contributed by atoms with Crippen molar-refractivity contribution in [3.8, 4) is 0 Å². The number of carbonyl (C=O) groups excluding carboxylic acids is 1. The van der Waals surface area contributed by atoms with Crippen molar-refractivity contribution >= 4 is 50.6 Å². The minimum absolute atomic E-state index is 0.0607. The van der Waals surface area contributed by atoms with Crippen LogP contribution in [0.1, 0.15) is 71.9 Å². The number of piperidine rings is 1. The van der Waals surface area contributed by atoms with E-state index in [0.29, 0.717) is 23.0 Å². The lowest BCUT2D eigenvalue weighted by atomic mass is 9.76. The Balaban J connectivity index is 0.000000578. The standard InChI is InChI=1S/C20H30Cl2N2O3S.C8H9Cl.C2H6/c1-5-24(28(4,26)27)17-8-11-23(12-9-17)13-10-20(3,15(2)25)16-6-7-18(21)19(22)14-16;1-2-7-3-5-8(9)6-4-7;1-2/h6-7,14,17H,5,8-13H2,1-4H3;3-6H,2H2,1H3;1-2H3. The zero-order valence-corrected chi connectivity index (χ0v) is 27.5. The van der Waals surface area contributed by atoms with E-state index in [4.69, 9.17) is 34.8 Å². The molecular weight excluding hydrogens is 575 g/mol. The largest absolute Gasteiger partial charge is 0.303 e. The van der Waals surface area contributed by atoms with Gasteiger partial charge in [0.05, 0.1) is 21.7 Å². The first-order valence-corrected chi connectivity index (χ1v) is 16.7. The molecule has 1 fully saturated rings. The number of likely N-dealkylation sites (tertiary alicyclic amines) is 1. The highest BCUT2D eigenvalue weighted by Crippen LogP contribution is 2.34. The third-order valence-corrected chi connectivity index (χ3v) is 9.68. The van der Waals surface area contributed by atoms with E-state index in [1.54, 1.807) is 23.4 Å². The van der Waals surface area contributed by atoms with Gasteiger partial charge in [-0.25, -0.2) is 8.42 Å². The zero-order chi connectivity index (χ0) is 29.8. The van der Waals surface area contributed by atoms with E-state index in [2.05, 4.69) is 11.8 Å². The van der Waals surface area contributed by atoms with Gasteiger partial charge in [-0.15, -0.1) is 0 Å². The normalized spacial score (nSPS) is 16.0. The first-order chi connectivity index (χ1) is 18.3. The molecule has 0 amide bonds. The molecule has 2 aromatic carbocycles. The number of sulfonamides is 1. The van der Waals surface area contributed by atoms with Crippen molar-refractivity contribution in [2.24, 2.45) is 0 Å². The van der Waals surface area contributed by atoms with Gasteiger partial charge < -0.3 is 4.90 Å². The van der Waals surface area contributed by atoms with Crippen LogP contribution in [0.5, 0.6) is 0 Å². The fourth-order valence-electron chi connectivity index (χ4n) is 4.66. The smallest absolute Gasteiger partial charge is 0.211 e. The van der Waals surface area contributed by atoms with Crippen molar-refractivity contribution in [3.63, 3.8) is 0 Å². The van der Waals surface area contributed by atoms with Gasteiger partial charge in [-0.3, -0.25) is 4.79 Å². The first kappa shape index (κ1) is 35.9. The molecule has 39 heavy (non-hydrogen) atoms. The molecule has 0 aromatic heterocycles. The Labute approximate surface area is 251 Å². The van der Waals surface area contributed by atoms with Crippen LogP contribution in [0, 0.1) is 0 Å². The van der Waals surface area contributed by atoms with Gasteiger partial charge in [0.1, 0.15) is 5.78 Å². The molecule has 0 bridgehead atoms. The van der Waals surface area contributed by atoms with E-state index in [9.17, 15) is 13.2 Å². The number of aryl methyl sites for hydroxylation is 1. The number of rotatable bonds is 9. The highest BCUT2D eigenvalue weighted by Gasteiger charge is 2.34. The van der Waals surface area contributed by atoms with E-state index in [1.165, 1.54) is 11.8 Å². The Bertz CT molecular complexity index is 1130. The number of halogens is 3. The molecule has 1 atom stereocenters. The molecule has 1 aliphatic heterocycles. The summed E-state index contributed by atoms with van der Waals surface area (Å²) in [6.07, 6.45) is 4.65. The maximum atomic E-state index is 12.5. The Morgan fingerprint density at radius 1 is 1.00 bits per heavy atom. The van der Waals surface area contributed by atoms with Gasteiger partial charge >= 0.3 is 0 Å². The van der Waals surface area contributed by atoms with Gasteiger partial charge in [0.2, 0.25) is 10.0 Å². The van der Waals surface area contributed by atoms with Gasteiger partial charge in [-0.05, 0) is 94.6 Å². The van der Waals surface area contributed by atoms with Crippen molar-refractivity contribution < 1.29 is 13.2 Å². The van der Waals surface area contributed by atoms with Gasteiger partial charge in [-0.2, -0.15) is 4.31 Å². The molecule has 1 unspecified atom stereocenters. The summed E-state index contributed by atoms with van der Waals surface area (Å²) in [5.41, 5.74) is 1.57.